The van der Waals surface area contributed by atoms with Crippen LogP contribution in [0.4, 0.5) is 5.69 Å². The number of fused-ring (bicyclic) bond motifs is 1. The molecule has 0 aliphatic rings. The molecular formula is C6H6N4O5S2. The van der Waals surface area contributed by atoms with E-state index in [9.17, 15) is 12.6 Å². The second kappa shape index (κ2) is 3.73. The molecule has 11 heteroatoms. The molecule has 0 aliphatic carbocycles. The number of nitrogens with zero attached hydrogens (tertiary/aromatic N) is 3. The van der Waals surface area contributed by atoms with Gasteiger partial charge in [0, 0.05) is 0 Å². The first-order chi connectivity index (χ1) is 7.79. The molecule has 1 aromatic carbocycles. The van der Waals surface area contributed by atoms with Crippen LogP contribution in [-0.4, -0.2) is 36.1 Å². The molecule has 0 saturated carbocycles. The Morgan fingerprint density at radius 2 is 1.82 bits per heavy atom. The number of benzene rings is 1. The van der Waals surface area contributed by atoms with Crippen molar-refractivity contribution in [1.82, 2.24) is 14.4 Å². The van der Waals surface area contributed by atoms with E-state index in [4.69, 9.17) is 14.8 Å². The van der Waals surface area contributed by atoms with E-state index < -0.39 is 26.3 Å². The summed E-state index contributed by atoms with van der Waals surface area (Å²) in [6.07, 6.45) is 0. The summed E-state index contributed by atoms with van der Waals surface area (Å²) in [5.74, 6) is 0. The smallest absolute Gasteiger partial charge is 0.300 e. The fourth-order valence-corrected chi connectivity index (χ4v) is 2.17. The topological polar surface area (TPSA) is 148 Å². The number of aromatic nitrogens is 3. The van der Waals surface area contributed by atoms with Gasteiger partial charge in [-0.3, -0.25) is 9.11 Å². The quantitative estimate of drug-likeness (QED) is 0.369. The first-order valence-corrected chi connectivity index (χ1v) is 6.55. The number of hydrogen-bond acceptors (Lipinski definition) is 6. The van der Waals surface area contributed by atoms with Crippen molar-refractivity contribution in [2.45, 2.75) is 4.90 Å². The van der Waals surface area contributed by atoms with Gasteiger partial charge in [0.25, 0.3) is 10.1 Å². The average Bonchev–Trinajstić information content (AvgIpc) is 2.57. The van der Waals surface area contributed by atoms with Crippen molar-refractivity contribution in [2.75, 3.05) is 5.73 Å². The lowest BCUT2D eigenvalue weighted by molar-refractivity contribution is 0.483. The van der Waals surface area contributed by atoms with Gasteiger partial charge in [0.1, 0.15) is 15.9 Å². The van der Waals surface area contributed by atoms with Crippen LogP contribution >= 0.6 is 0 Å². The van der Waals surface area contributed by atoms with Crippen LogP contribution in [0.25, 0.3) is 11.0 Å². The van der Waals surface area contributed by atoms with E-state index in [0.29, 0.717) is 4.20 Å². The second-order valence-electron chi connectivity index (χ2n) is 3.04. The van der Waals surface area contributed by atoms with Crippen molar-refractivity contribution in [3.8, 4) is 0 Å². The molecule has 0 fully saturated rings. The largest absolute Gasteiger partial charge is 0.398 e. The van der Waals surface area contributed by atoms with Gasteiger partial charge in [-0.2, -0.15) is 8.42 Å². The number of hydrogen-bond donors (Lipinski definition) is 3. The van der Waals surface area contributed by atoms with Crippen LogP contribution in [-0.2, 0) is 21.4 Å². The number of nitrogens with two attached hydrogens (primary N) is 1. The van der Waals surface area contributed by atoms with Crippen LogP contribution in [0, 0.1) is 0 Å². The van der Waals surface area contributed by atoms with E-state index in [1.165, 1.54) is 0 Å². The van der Waals surface area contributed by atoms with Crippen LogP contribution in [0.3, 0.4) is 0 Å². The molecule has 17 heavy (non-hydrogen) atoms. The minimum atomic E-state index is -4.48. The maximum Gasteiger partial charge on any atom is 0.300 e. The van der Waals surface area contributed by atoms with Gasteiger partial charge >= 0.3 is 11.3 Å². The SMILES string of the molecule is Nc1cc2nn(S(=O)O)nc2cc1S(=O)(=O)O. The zero-order valence-electron chi connectivity index (χ0n) is 8.01. The zero-order valence-corrected chi connectivity index (χ0v) is 9.64. The number of nitrogen functional groups attached to an aromatic ring is 1. The van der Waals surface area contributed by atoms with Crippen LogP contribution in [0.15, 0.2) is 17.0 Å². The van der Waals surface area contributed by atoms with Crippen molar-refractivity contribution in [1.29, 1.82) is 0 Å². The Labute approximate surface area is 97.4 Å². The first-order valence-electron chi connectivity index (χ1n) is 4.04. The average molecular weight is 278 g/mol. The summed E-state index contributed by atoms with van der Waals surface area (Å²) in [4.78, 5) is -0.527. The van der Waals surface area contributed by atoms with E-state index in [-0.39, 0.29) is 16.7 Å². The third-order valence-electron chi connectivity index (χ3n) is 1.91. The summed E-state index contributed by atoms with van der Waals surface area (Å²) in [6.45, 7) is 0. The molecular weight excluding hydrogens is 272 g/mol. The molecule has 0 bridgehead atoms. The maximum absolute atomic E-state index is 10.9. The van der Waals surface area contributed by atoms with Gasteiger partial charge in [-0.1, -0.05) is 4.20 Å². The molecule has 9 nitrogen and oxygen atoms in total. The van der Waals surface area contributed by atoms with Crippen molar-refractivity contribution < 1.29 is 21.7 Å². The summed E-state index contributed by atoms with van der Waals surface area (Å²) >= 11 is -2.45. The van der Waals surface area contributed by atoms with Crippen molar-refractivity contribution in [3.05, 3.63) is 12.1 Å². The monoisotopic (exact) mass is 278 g/mol. The number of rotatable bonds is 2. The van der Waals surface area contributed by atoms with Crippen LogP contribution in [0.1, 0.15) is 0 Å². The summed E-state index contributed by atoms with van der Waals surface area (Å²) in [6, 6.07) is 2.10. The Morgan fingerprint density at radius 3 is 2.29 bits per heavy atom. The molecule has 1 heterocycles. The molecule has 0 aliphatic heterocycles. The molecule has 92 valence electrons. The van der Waals surface area contributed by atoms with E-state index in [0.717, 1.165) is 12.1 Å². The first kappa shape index (κ1) is 11.9. The molecule has 2 rings (SSSR count). The lowest BCUT2D eigenvalue weighted by atomic mass is 10.3. The number of anilines is 1. The Kier molecular flexibility index (Phi) is 2.61. The summed E-state index contributed by atoms with van der Waals surface area (Å²) in [5.41, 5.74) is 5.34. The van der Waals surface area contributed by atoms with Gasteiger partial charge in [0.2, 0.25) is 0 Å². The minimum absolute atomic E-state index is 0.0224. The third kappa shape index (κ3) is 2.12. The maximum atomic E-state index is 10.9. The van der Waals surface area contributed by atoms with Gasteiger partial charge in [0.05, 0.1) is 5.69 Å². The second-order valence-corrected chi connectivity index (χ2v) is 5.22. The van der Waals surface area contributed by atoms with Gasteiger partial charge in [0.15, 0.2) is 0 Å². The van der Waals surface area contributed by atoms with E-state index in [2.05, 4.69) is 10.2 Å². The highest BCUT2D eigenvalue weighted by molar-refractivity contribution is 7.86. The van der Waals surface area contributed by atoms with Crippen molar-refractivity contribution >= 4 is 38.1 Å². The Bertz CT molecular complexity index is 721. The molecule has 4 N–H and O–H groups in total. The summed E-state index contributed by atoms with van der Waals surface area (Å²) < 4.78 is 50.7. The molecule has 1 aromatic heterocycles. The molecule has 1 unspecified atom stereocenters. The van der Waals surface area contributed by atoms with Gasteiger partial charge < -0.3 is 5.73 Å². The van der Waals surface area contributed by atoms with Gasteiger partial charge in [-0.05, 0) is 12.1 Å². The molecule has 0 saturated heterocycles. The lowest BCUT2D eigenvalue weighted by Gasteiger charge is -2.00. The van der Waals surface area contributed by atoms with Crippen molar-refractivity contribution in [2.24, 2.45) is 0 Å². The predicted molar refractivity (Wildman–Crippen MR) is 57.9 cm³/mol. The molecule has 0 spiro atoms. The highest BCUT2D eigenvalue weighted by Gasteiger charge is 2.17. The molecule has 2 aromatic rings. The Hall–Kier alpha value is -1.56. The highest BCUT2D eigenvalue weighted by Crippen LogP contribution is 2.23. The molecule has 0 amide bonds. The molecule has 0 radical (unpaired) electrons. The predicted octanol–water partition coefficient (Wildman–Crippen LogP) is -0.755. The van der Waals surface area contributed by atoms with E-state index >= 15 is 0 Å². The van der Waals surface area contributed by atoms with Crippen LogP contribution < -0.4 is 5.73 Å². The van der Waals surface area contributed by atoms with Crippen molar-refractivity contribution in [3.63, 3.8) is 0 Å². The lowest BCUT2D eigenvalue weighted by Crippen LogP contribution is -2.05. The fourth-order valence-electron chi connectivity index (χ4n) is 1.23. The Balaban J connectivity index is 2.77. The highest BCUT2D eigenvalue weighted by atomic mass is 32.2. The van der Waals surface area contributed by atoms with E-state index in [1.54, 1.807) is 0 Å². The summed E-state index contributed by atoms with van der Waals surface area (Å²) in [7, 11) is -4.48. The minimum Gasteiger partial charge on any atom is -0.398 e. The zero-order chi connectivity index (χ0) is 12.8. The molecule has 1 atom stereocenters. The van der Waals surface area contributed by atoms with Crippen LogP contribution in [0.5, 0.6) is 0 Å². The Morgan fingerprint density at radius 1 is 1.29 bits per heavy atom. The standard InChI is InChI=1S/C6H6N4O5S2/c7-3-1-4-5(2-6(3)17(13,14)15)9-10(8-4)16(11)12/h1-2H,7H2,(H,11,12)(H,13,14,15). The normalized spacial score (nSPS) is 14.0. The third-order valence-corrected chi connectivity index (χ3v) is 3.26. The van der Waals surface area contributed by atoms with Crippen LogP contribution in [0.2, 0.25) is 0 Å². The fraction of sp³-hybridized carbons (Fsp3) is 0. The van der Waals surface area contributed by atoms with Gasteiger partial charge in [-0.15, -0.1) is 10.2 Å². The van der Waals surface area contributed by atoms with Gasteiger partial charge in [-0.25, -0.2) is 4.21 Å². The summed E-state index contributed by atoms with van der Waals surface area (Å²) in [5, 5.41) is 7.15. The van der Waals surface area contributed by atoms with E-state index in [1.807, 2.05) is 0 Å².